The van der Waals surface area contributed by atoms with Crippen LogP contribution < -0.4 is 5.32 Å². The molecule has 21 heavy (non-hydrogen) atoms. The lowest BCUT2D eigenvalue weighted by Crippen LogP contribution is -2.46. The first kappa shape index (κ1) is 18.0. The van der Waals surface area contributed by atoms with E-state index >= 15 is 0 Å². The molecule has 2 unspecified atom stereocenters. The van der Waals surface area contributed by atoms with Crippen LogP contribution in [0, 0.1) is 0 Å². The van der Waals surface area contributed by atoms with Crippen molar-refractivity contribution in [2.24, 2.45) is 0 Å². The van der Waals surface area contributed by atoms with Gasteiger partial charge in [-0.3, -0.25) is 0 Å². The van der Waals surface area contributed by atoms with Gasteiger partial charge in [-0.2, -0.15) is 0 Å². The van der Waals surface area contributed by atoms with Crippen molar-refractivity contribution >= 4 is 23.0 Å². The first-order chi connectivity index (χ1) is 9.90. The van der Waals surface area contributed by atoms with Gasteiger partial charge in [0, 0.05) is 17.8 Å². The molecular formula is C18H30N2S. The molecule has 1 rings (SSSR count). The van der Waals surface area contributed by atoms with Crippen LogP contribution in [0.15, 0.2) is 24.3 Å². The first-order valence-electron chi connectivity index (χ1n) is 8.09. The fourth-order valence-electron chi connectivity index (χ4n) is 2.37. The summed E-state index contributed by atoms with van der Waals surface area (Å²) in [6.45, 7) is 13.3. The Labute approximate surface area is 135 Å². The number of nitrogens with one attached hydrogen (secondary N) is 1. The molecule has 2 atom stereocenters. The Morgan fingerprint density at radius 2 is 1.48 bits per heavy atom. The summed E-state index contributed by atoms with van der Waals surface area (Å²) in [5.41, 5.74) is 2.42. The maximum atomic E-state index is 5.64. The molecule has 0 aliphatic rings. The van der Waals surface area contributed by atoms with Gasteiger partial charge in [-0.25, -0.2) is 0 Å². The zero-order chi connectivity index (χ0) is 16.0. The largest absolute Gasteiger partial charge is 0.344 e. The Balaban J connectivity index is 2.81. The van der Waals surface area contributed by atoms with Gasteiger partial charge in [0.05, 0.1) is 0 Å². The average molecular weight is 307 g/mol. The predicted molar refractivity (Wildman–Crippen MR) is 98.1 cm³/mol. The third-order valence-electron chi connectivity index (χ3n) is 4.19. The van der Waals surface area contributed by atoms with Crippen molar-refractivity contribution in [3.05, 3.63) is 29.8 Å². The highest BCUT2D eigenvalue weighted by molar-refractivity contribution is 7.80. The topological polar surface area (TPSA) is 15.3 Å². The van der Waals surface area contributed by atoms with Crippen LogP contribution in [0.3, 0.4) is 0 Å². The fraction of sp³-hybridized carbons (Fsp3) is 0.611. The molecule has 0 spiro atoms. The lowest BCUT2D eigenvalue weighted by atomic mass is 10.0. The molecule has 0 amide bonds. The lowest BCUT2D eigenvalue weighted by molar-refractivity contribution is 0.254. The molecule has 0 bridgehead atoms. The maximum absolute atomic E-state index is 5.64. The van der Waals surface area contributed by atoms with Gasteiger partial charge in [0.15, 0.2) is 5.11 Å². The lowest BCUT2D eigenvalue weighted by Gasteiger charge is -2.36. The smallest absolute Gasteiger partial charge is 0.173 e. The average Bonchev–Trinajstić information content (AvgIpc) is 2.47. The fourth-order valence-corrected chi connectivity index (χ4v) is 2.85. The van der Waals surface area contributed by atoms with Crippen molar-refractivity contribution in [3.8, 4) is 0 Å². The molecule has 0 aliphatic carbocycles. The van der Waals surface area contributed by atoms with Crippen molar-refractivity contribution in [2.75, 3.05) is 5.32 Å². The molecule has 1 aromatic carbocycles. The van der Waals surface area contributed by atoms with Crippen LogP contribution in [0.2, 0.25) is 0 Å². The van der Waals surface area contributed by atoms with Gasteiger partial charge in [0.25, 0.3) is 0 Å². The van der Waals surface area contributed by atoms with E-state index in [-0.39, 0.29) is 0 Å². The zero-order valence-electron chi connectivity index (χ0n) is 14.3. The van der Waals surface area contributed by atoms with Crippen LogP contribution in [0.5, 0.6) is 0 Å². The molecule has 0 aromatic heterocycles. The number of nitrogens with zero attached hydrogens (tertiary/aromatic N) is 1. The van der Waals surface area contributed by atoms with E-state index in [4.69, 9.17) is 12.2 Å². The van der Waals surface area contributed by atoms with Crippen LogP contribution in [-0.4, -0.2) is 22.1 Å². The van der Waals surface area contributed by atoms with Crippen LogP contribution in [0.1, 0.15) is 65.9 Å². The number of hydrogen-bond donors (Lipinski definition) is 1. The van der Waals surface area contributed by atoms with Crippen LogP contribution in [-0.2, 0) is 0 Å². The van der Waals surface area contributed by atoms with E-state index in [2.05, 4.69) is 76.0 Å². The molecule has 1 aromatic rings. The van der Waals surface area contributed by atoms with E-state index in [0.29, 0.717) is 18.0 Å². The second-order valence-corrected chi connectivity index (χ2v) is 6.52. The SMILES string of the molecule is CCC(C)N(C(=S)Nc1ccc(C(C)C)cc1)C(C)CC. The molecule has 0 aliphatic heterocycles. The molecule has 0 fully saturated rings. The predicted octanol–water partition coefficient (Wildman–Crippen LogP) is 5.41. The van der Waals surface area contributed by atoms with Crippen molar-refractivity contribution in [2.45, 2.75) is 72.4 Å². The first-order valence-corrected chi connectivity index (χ1v) is 8.50. The second kappa shape index (κ2) is 8.38. The Hall–Kier alpha value is -1.09. The molecule has 1 N–H and O–H groups in total. The normalized spacial score (nSPS) is 13.9. The highest BCUT2D eigenvalue weighted by Crippen LogP contribution is 2.19. The van der Waals surface area contributed by atoms with Crippen molar-refractivity contribution in [1.82, 2.24) is 4.90 Å². The van der Waals surface area contributed by atoms with Gasteiger partial charge in [0.2, 0.25) is 0 Å². The number of benzene rings is 1. The van der Waals surface area contributed by atoms with Crippen LogP contribution in [0.4, 0.5) is 5.69 Å². The molecule has 3 heteroatoms. The monoisotopic (exact) mass is 306 g/mol. The van der Waals surface area contributed by atoms with E-state index in [1.165, 1.54) is 5.56 Å². The Morgan fingerprint density at radius 3 is 1.86 bits per heavy atom. The zero-order valence-corrected chi connectivity index (χ0v) is 15.1. The maximum Gasteiger partial charge on any atom is 0.173 e. The summed E-state index contributed by atoms with van der Waals surface area (Å²) >= 11 is 5.64. The highest BCUT2D eigenvalue weighted by Gasteiger charge is 2.20. The molecule has 2 nitrogen and oxygen atoms in total. The Bertz CT molecular complexity index is 429. The number of anilines is 1. The number of rotatable bonds is 6. The van der Waals surface area contributed by atoms with Gasteiger partial charge in [0.1, 0.15) is 0 Å². The van der Waals surface area contributed by atoms with Crippen molar-refractivity contribution in [1.29, 1.82) is 0 Å². The summed E-state index contributed by atoms with van der Waals surface area (Å²) in [7, 11) is 0. The van der Waals surface area contributed by atoms with E-state index in [9.17, 15) is 0 Å². The Morgan fingerprint density at radius 1 is 1.00 bits per heavy atom. The molecule has 0 saturated carbocycles. The standard InChI is InChI=1S/C18H30N2S/c1-7-14(5)20(15(6)8-2)18(21)19-17-11-9-16(10-12-17)13(3)4/h9-15H,7-8H2,1-6H3,(H,19,21). The minimum absolute atomic E-state index is 0.454. The highest BCUT2D eigenvalue weighted by atomic mass is 32.1. The summed E-state index contributed by atoms with van der Waals surface area (Å²) in [4.78, 5) is 2.33. The van der Waals surface area contributed by atoms with Gasteiger partial charge >= 0.3 is 0 Å². The van der Waals surface area contributed by atoms with Crippen molar-refractivity contribution in [3.63, 3.8) is 0 Å². The van der Waals surface area contributed by atoms with E-state index in [0.717, 1.165) is 23.6 Å². The van der Waals surface area contributed by atoms with E-state index in [1.54, 1.807) is 0 Å². The number of thiocarbonyl (C=S) groups is 1. The van der Waals surface area contributed by atoms with Crippen LogP contribution in [0.25, 0.3) is 0 Å². The summed E-state index contributed by atoms with van der Waals surface area (Å²) in [5.74, 6) is 0.558. The van der Waals surface area contributed by atoms with Crippen molar-refractivity contribution < 1.29 is 0 Å². The molecule has 118 valence electrons. The van der Waals surface area contributed by atoms with Gasteiger partial charge < -0.3 is 10.2 Å². The summed E-state index contributed by atoms with van der Waals surface area (Å²) in [6, 6.07) is 9.49. The molecule has 0 heterocycles. The summed E-state index contributed by atoms with van der Waals surface area (Å²) < 4.78 is 0. The third-order valence-corrected chi connectivity index (χ3v) is 4.51. The summed E-state index contributed by atoms with van der Waals surface area (Å²) in [6.07, 6.45) is 2.19. The van der Waals surface area contributed by atoms with Gasteiger partial charge in [-0.05, 0) is 62.5 Å². The third kappa shape index (κ3) is 4.99. The second-order valence-electron chi connectivity index (χ2n) is 6.13. The molecule has 0 radical (unpaired) electrons. The molecule has 0 saturated heterocycles. The molecular weight excluding hydrogens is 276 g/mol. The quantitative estimate of drug-likeness (QED) is 0.708. The Kier molecular flexibility index (Phi) is 7.16. The van der Waals surface area contributed by atoms with E-state index in [1.807, 2.05) is 0 Å². The minimum atomic E-state index is 0.454. The van der Waals surface area contributed by atoms with Gasteiger partial charge in [-0.1, -0.05) is 39.8 Å². The van der Waals surface area contributed by atoms with Crippen LogP contribution >= 0.6 is 12.2 Å². The van der Waals surface area contributed by atoms with E-state index < -0.39 is 0 Å². The summed E-state index contributed by atoms with van der Waals surface area (Å²) in [5, 5.41) is 4.23. The van der Waals surface area contributed by atoms with Gasteiger partial charge in [-0.15, -0.1) is 0 Å². The minimum Gasteiger partial charge on any atom is -0.344 e. The number of hydrogen-bond acceptors (Lipinski definition) is 1.